The van der Waals surface area contributed by atoms with Crippen LogP contribution in [0.1, 0.15) is 11.1 Å². The molecule has 0 atom stereocenters. The molecule has 8 heteroatoms. The first-order valence-electron chi connectivity index (χ1n) is 7.69. The van der Waals surface area contributed by atoms with E-state index in [0.717, 1.165) is 19.7 Å². The highest BCUT2D eigenvalue weighted by Crippen LogP contribution is 2.25. The topological polar surface area (TPSA) is 82.6 Å². The fourth-order valence-corrected chi connectivity index (χ4v) is 3.36. The maximum absolute atomic E-state index is 12.7. The zero-order valence-corrected chi connectivity index (χ0v) is 15.5. The fraction of sp³-hybridized carbons (Fsp3) is 0.294. The molecule has 1 amide bonds. The quantitative estimate of drug-likeness (QED) is 0.851. The Balaban J connectivity index is 2.36. The Morgan fingerprint density at radius 2 is 1.92 bits per heavy atom. The van der Waals surface area contributed by atoms with Gasteiger partial charge in [0, 0.05) is 20.3 Å². The summed E-state index contributed by atoms with van der Waals surface area (Å²) in [6.07, 6.45) is 3.09. The molecule has 0 saturated heterocycles. The Labute approximate surface area is 148 Å². The van der Waals surface area contributed by atoms with Gasteiger partial charge in [-0.1, -0.05) is 12.1 Å². The van der Waals surface area contributed by atoms with E-state index in [0.29, 0.717) is 11.4 Å². The van der Waals surface area contributed by atoms with Gasteiger partial charge in [-0.25, -0.2) is 4.31 Å². The second-order valence-electron chi connectivity index (χ2n) is 5.88. The SMILES string of the molecule is Cc1ccc(C)c(N(CC(=O)Nc2cccnc2)S(=O)(=O)N(C)C)c1. The average molecular weight is 362 g/mol. The number of benzene rings is 1. The van der Waals surface area contributed by atoms with Crippen LogP contribution in [0.5, 0.6) is 0 Å². The van der Waals surface area contributed by atoms with Crippen LogP contribution in [0.4, 0.5) is 11.4 Å². The van der Waals surface area contributed by atoms with Gasteiger partial charge in [0.05, 0.1) is 17.6 Å². The lowest BCUT2D eigenvalue weighted by Gasteiger charge is -2.28. The maximum Gasteiger partial charge on any atom is 0.304 e. The summed E-state index contributed by atoms with van der Waals surface area (Å²) < 4.78 is 27.7. The van der Waals surface area contributed by atoms with Crippen LogP contribution in [0.2, 0.25) is 0 Å². The minimum absolute atomic E-state index is 0.334. The lowest BCUT2D eigenvalue weighted by atomic mass is 10.1. The summed E-state index contributed by atoms with van der Waals surface area (Å²) >= 11 is 0. The molecule has 0 unspecified atom stereocenters. The molecule has 0 aliphatic carbocycles. The predicted octanol–water partition coefficient (Wildman–Crippen LogP) is 1.95. The number of carbonyl (C=O) groups excluding carboxylic acids is 1. The van der Waals surface area contributed by atoms with E-state index in [9.17, 15) is 13.2 Å². The first-order chi connectivity index (χ1) is 11.7. The summed E-state index contributed by atoms with van der Waals surface area (Å²) in [6.45, 7) is 3.35. The van der Waals surface area contributed by atoms with E-state index >= 15 is 0 Å². The minimum Gasteiger partial charge on any atom is -0.323 e. The molecule has 0 aliphatic heterocycles. The van der Waals surface area contributed by atoms with Gasteiger partial charge in [0.2, 0.25) is 5.91 Å². The van der Waals surface area contributed by atoms with Crippen LogP contribution in [0.3, 0.4) is 0 Å². The summed E-state index contributed by atoms with van der Waals surface area (Å²) in [4.78, 5) is 16.3. The van der Waals surface area contributed by atoms with Gasteiger partial charge in [-0.15, -0.1) is 0 Å². The van der Waals surface area contributed by atoms with Crippen LogP contribution in [-0.2, 0) is 15.0 Å². The van der Waals surface area contributed by atoms with Gasteiger partial charge in [0.25, 0.3) is 0 Å². The van der Waals surface area contributed by atoms with Gasteiger partial charge in [-0.2, -0.15) is 12.7 Å². The zero-order valence-electron chi connectivity index (χ0n) is 14.7. The van der Waals surface area contributed by atoms with E-state index in [-0.39, 0.29) is 6.54 Å². The summed E-state index contributed by atoms with van der Waals surface area (Å²) in [7, 11) is -0.954. The van der Waals surface area contributed by atoms with Crippen molar-refractivity contribution in [3.8, 4) is 0 Å². The van der Waals surface area contributed by atoms with Gasteiger partial charge in [0.1, 0.15) is 6.54 Å². The van der Waals surface area contributed by atoms with Gasteiger partial charge < -0.3 is 5.32 Å². The molecule has 1 aromatic carbocycles. The van der Waals surface area contributed by atoms with Crippen LogP contribution in [-0.4, -0.2) is 44.3 Å². The van der Waals surface area contributed by atoms with Crippen molar-refractivity contribution < 1.29 is 13.2 Å². The molecule has 1 N–H and O–H groups in total. The van der Waals surface area contributed by atoms with Crippen molar-refractivity contribution in [2.75, 3.05) is 30.3 Å². The van der Waals surface area contributed by atoms with Crippen molar-refractivity contribution in [1.29, 1.82) is 0 Å². The highest BCUT2D eigenvalue weighted by Gasteiger charge is 2.28. The number of pyridine rings is 1. The average Bonchev–Trinajstić information content (AvgIpc) is 2.55. The molecule has 7 nitrogen and oxygen atoms in total. The molecule has 0 saturated carbocycles. The molecular formula is C17H22N4O3S. The monoisotopic (exact) mass is 362 g/mol. The summed E-state index contributed by atoms with van der Waals surface area (Å²) in [5.41, 5.74) is 2.67. The van der Waals surface area contributed by atoms with E-state index < -0.39 is 16.1 Å². The molecule has 134 valence electrons. The van der Waals surface area contributed by atoms with Gasteiger partial charge in [-0.05, 0) is 43.2 Å². The third-order valence-electron chi connectivity index (χ3n) is 3.61. The smallest absolute Gasteiger partial charge is 0.304 e. The number of anilines is 2. The Morgan fingerprint density at radius 3 is 2.52 bits per heavy atom. The molecule has 2 rings (SSSR count). The van der Waals surface area contributed by atoms with E-state index in [1.54, 1.807) is 24.4 Å². The number of carbonyl (C=O) groups is 1. The number of hydrogen-bond acceptors (Lipinski definition) is 4. The van der Waals surface area contributed by atoms with Crippen molar-refractivity contribution in [1.82, 2.24) is 9.29 Å². The first-order valence-corrected chi connectivity index (χ1v) is 9.09. The van der Waals surface area contributed by atoms with Crippen molar-refractivity contribution in [2.24, 2.45) is 0 Å². The Bertz CT molecular complexity index is 851. The predicted molar refractivity (Wildman–Crippen MR) is 98.7 cm³/mol. The maximum atomic E-state index is 12.7. The third kappa shape index (κ3) is 4.55. The highest BCUT2D eigenvalue weighted by atomic mass is 32.2. The second-order valence-corrected chi connectivity index (χ2v) is 7.94. The van der Waals surface area contributed by atoms with Crippen molar-refractivity contribution in [2.45, 2.75) is 13.8 Å². The molecule has 2 aromatic rings. The van der Waals surface area contributed by atoms with E-state index in [1.165, 1.54) is 20.3 Å². The van der Waals surface area contributed by atoms with E-state index in [2.05, 4.69) is 10.3 Å². The Hall–Kier alpha value is -2.45. The molecule has 0 radical (unpaired) electrons. The van der Waals surface area contributed by atoms with Crippen molar-refractivity contribution in [3.05, 3.63) is 53.9 Å². The normalized spacial score (nSPS) is 11.4. The number of amides is 1. The number of nitrogens with one attached hydrogen (secondary N) is 1. The molecule has 1 heterocycles. The molecule has 0 spiro atoms. The van der Waals surface area contributed by atoms with Crippen LogP contribution in [0.15, 0.2) is 42.7 Å². The molecule has 25 heavy (non-hydrogen) atoms. The van der Waals surface area contributed by atoms with Crippen LogP contribution in [0.25, 0.3) is 0 Å². The largest absolute Gasteiger partial charge is 0.323 e. The summed E-state index contributed by atoms with van der Waals surface area (Å²) in [6, 6.07) is 8.87. The minimum atomic E-state index is -3.83. The first kappa shape index (κ1) is 18.9. The molecular weight excluding hydrogens is 340 g/mol. The van der Waals surface area contributed by atoms with Crippen molar-refractivity contribution >= 4 is 27.5 Å². The number of nitrogens with zero attached hydrogens (tertiary/aromatic N) is 3. The number of rotatable bonds is 6. The second kappa shape index (κ2) is 7.62. The number of aromatic nitrogens is 1. The molecule has 0 fully saturated rings. The fourth-order valence-electron chi connectivity index (χ4n) is 2.24. The van der Waals surface area contributed by atoms with E-state index in [1.807, 2.05) is 26.0 Å². The van der Waals surface area contributed by atoms with Gasteiger partial charge in [-0.3, -0.25) is 9.78 Å². The summed E-state index contributed by atoms with van der Waals surface area (Å²) in [5, 5.41) is 2.66. The van der Waals surface area contributed by atoms with Crippen LogP contribution < -0.4 is 9.62 Å². The number of hydrogen-bond donors (Lipinski definition) is 1. The van der Waals surface area contributed by atoms with Gasteiger partial charge in [0.15, 0.2) is 0 Å². The number of aryl methyl sites for hydroxylation is 2. The highest BCUT2D eigenvalue weighted by molar-refractivity contribution is 7.90. The third-order valence-corrected chi connectivity index (χ3v) is 5.41. The Kier molecular flexibility index (Phi) is 5.76. The lowest BCUT2D eigenvalue weighted by Crippen LogP contribution is -2.44. The molecule has 0 aliphatic rings. The molecule has 0 bridgehead atoms. The Morgan fingerprint density at radius 1 is 1.20 bits per heavy atom. The van der Waals surface area contributed by atoms with Crippen LogP contribution >= 0.6 is 0 Å². The standard InChI is InChI=1S/C17H22N4O3S/c1-13-7-8-14(2)16(10-13)21(25(23,24)20(3)4)12-17(22)19-15-6-5-9-18-11-15/h5-11H,12H2,1-4H3,(H,19,22). The summed E-state index contributed by atoms with van der Waals surface area (Å²) in [5.74, 6) is -0.445. The van der Waals surface area contributed by atoms with Gasteiger partial charge >= 0.3 is 10.2 Å². The molecule has 1 aromatic heterocycles. The zero-order chi connectivity index (χ0) is 18.6. The lowest BCUT2D eigenvalue weighted by molar-refractivity contribution is -0.114. The van der Waals surface area contributed by atoms with E-state index in [4.69, 9.17) is 0 Å². The van der Waals surface area contributed by atoms with Crippen molar-refractivity contribution in [3.63, 3.8) is 0 Å². The van der Waals surface area contributed by atoms with Crippen LogP contribution in [0, 0.1) is 13.8 Å².